The molecule has 28 heavy (non-hydrogen) atoms. The van der Waals surface area contributed by atoms with E-state index in [9.17, 15) is 21.6 Å². The lowest BCUT2D eigenvalue weighted by Gasteiger charge is -2.15. The number of hydrogen-bond donors (Lipinski definition) is 1. The van der Waals surface area contributed by atoms with Gasteiger partial charge in [0.1, 0.15) is 10.6 Å². The Morgan fingerprint density at radius 2 is 1.82 bits per heavy atom. The van der Waals surface area contributed by atoms with Crippen molar-refractivity contribution >= 4 is 31.6 Å². The third-order valence-electron chi connectivity index (χ3n) is 3.27. The Balaban J connectivity index is 1.96. The molecule has 0 unspecified atom stereocenters. The second-order valence-corrected chi connectivity index (χ2v) is 7.86. The molecule has 0 saturated carbocycles. The number of rotatable bonds is 5. The number of sulfonamides is 1. The Morgan fingerprint density at radius 3 is 2.50 bits per heavy atom. The first kappa shape index (κ1) is 20.0. The molecule has 1 aromatic carbocycles. The average molecular weight is 475 g/mol. The molecule has 12 heteroatoms. The molecule has 2 heterocycles. The lowest BCUT2D eigenvalue weighted by Crippen LogP contribution is -2.21. The third kappa shape index (κ3) is 4.95. The summed E-state index contributed by atoms with van der Waals surface area (Å²) in [4.78, 5) is 11.2. The van der Waals surface area contributed by atoms with E-state index in [1.807, 2.05) is 0 Å². The van der Waals surface area contributed by atoms with E-state index in [0.717, 1.165) is 12.1 Å². The minimum Gasteiger partial charge on any atom is -0.404 e. The SMILES string of the molecule is O=S(=O)(Nc1cncc(-c2cnccn2)c1)c1cc(Br)ccc1OC(F)(F)F. The number of halogens is 4. The lowest BCUT2D eigenvalue weighted by atomic mass is 10.2. The summed E-state index contributed by atoms with van der Waals surface area (Å²) in [6, 6.07) is 4.57. The van der Waals surface area contributed by atoms with E-state index in [1.54, 1.807) is 0 Å². The fourth-order valence-electron chi connectivity index (χ4n) is 2.20. The van der Waals surface area contributed by atoms with Gasteiger partial charge in [-0.15, -0.1) is 13.2 Å². The van der Waals surface area contributed by atoms with E-state index in [0.29, 0.717) is 11.3 Å². The Labute approximate surface area is 165 Å². The van der Waals surface area contributed by atoms with Crippen molar-refractivity contribution in [1.82, 2.24) is 15.0 Å². The summed E-state index contributed by atoms with van der Waals surface area (Å²) in [5.74, 6) is -0.860. The molecular formula is C16H10BrF3N4O3S. The predicted octanol–water partition coefficient (Wildman–Crippen LogP) is 4.00. The highest BCUT2D eigenvalue weighted by molar-refractivity contribution is 9.10. The van der Waals surface area contributed by atoms with Crippen molar-refractivity contribution in [3.63, 3.8) is 0 Å². The standard InChI is InChI=1S/C16H10BrF3N4O3S/c17-11-1-2-14(27-16(18,19)20)15(6-11)28(25,26)24-12-5-10(7-22-8-12)13-9-21-3-4-23-13/h1-9,24H. The molecule has 0 saturated heterocycles. The largest absolute Gasteiger partial charge is 0.573 e. The number of nitrogens with one attached hydrogen (secondary N) is 1. The van der Waals surface area contributed by atoms with Gasteiger partial charge in [0.15, 0.2) is 0 Å². The molecular weight excluding hydrogens is 465 g/mol. The predicted molar refractivity (Wildman–Crippen MR) is 96.9 cm³/mol. The smallest absolute Gasteiger partial charge is 0.404 e. The molecule has 0 amide bonds. The van der Waals surface area contributed by atoms with Gasteiger partial charge in [-0.05, 0) is 24.3 Å². The van der Waals surface area contributed by atoms with Crippen molar-refractivity contribution in [2.75, 3.05) is 4.72 Å². The van der Waals surface area contributed by atoms with Crippen molar-refractivity contribution < 1.29 is 26.3 Å². The first-order valence-electron chi connectivity index (χ1n) is 7.44. The number of nitrogens with zero attached hydrogens (tertiary/aromatic N) is 3. The van der Waals surface area contributed by atoms with Gasteiger partial charge in [-0.3, -0.25) is 19.7 Å². The van der Waals surface area contributed by atoms with Crippen molar-refractivity contribution in [3.8, 4) is 17.0 Å². The van der Waals surface area contributed by atoms with Gasteiger partial charge in [-0.1, -0.05) is 15.9 Å². The highest BCUT2D eigenvalue weighted by Gasteiger charge is 2.34. The van der Waals surface area contributed by atoms with Gasteiger partial charge in [-0.25, -0.2) is 8.42 Å². The zero-order chi connectivity index (χ0) is 20.4. The molecule has 0 bridgehead atoms. The summed E-state index contributed by atoms with van der Waals surface area (Å²) in [5, 5.41) is 0. The quantitative estimate of drug-likeness (QED) is 0.600. The summed E-state index contributed by atoms with van der Waals surface area (Å²) in [7, 11) is -4.42. The third-order valence-corrected chi connectivity index (χ3v) is 5.17. The van der Waals surface area contributed by atoms with Gasteiger partial charge >= 0.3 is 6.36 Å². The molecule has 0 fully saturated rings. The Morgan fingerprint density at radius 1 is 1.04 bits per heavy atom. The van der Waals surface area contributed by atoms with Crippen LogP contribution < -0.4 is 9.46 Å². The fraction of sp³-hybridized carbons (Fsp3) is 0.0625. The van der Waals surface area contributed by atoms with Crippen molar-refractivity contribution in [2.45, 2.75) is 11.3 Å². The Hall–Kier alpha value is -2.73. The molecule has 2 aromatic heterocycles. The normalized spacial score (nSPS) is 11.9. The van der Waals surface area contributed by atoms with Crippen LogP contribution in [0.3, 0.4) is 0 Å². The molecule has 0 aliphatic rings. The molecule has 0 atom stereocenters. The molecule has 3 aromatic rings. The van der Waals surface area contributed by atoms with Crippen LogP contribution in [0.1, 0.15) is 0 Å². The highest BCUT2D eigenvalue weighted by Crippen LogP contribution is 2.33. The molecule has 0 spiro atoms. The van der Waals surface area contributed by atoms with Gasteiger partial charge in [0.05, 0.1) is 23.8 Å². The molecule has 7 nitrogen and oxygen atoms in total. The average Bonchev–Trinajstić information content (AvgIpc) is 2.63. The van der Waals surface area contributed by atoms with E-state index in [4.69, 9.17) is 0 Å². The van der Waals surface area contributed by atoms with Crippen LogP contribution >= 0.6 is 15.9 Å². The second kappa shape index (κ2) is 7.72. The molecule has 1 N–H and O–H groups in total. The van der Waals surface area contributed by atoms with E-state index >= 15 is 0 Å². The van der Waals surface area contributed by atoms with Crippen LogP contribution in [0.25, 0.3) is 11.3 Å². The number of benzene rings is 1. The Bertz CT molecular complexity index is 1100. The summed E-state index contributed by atoms with van der Waals surface area (Å²) in [6.45, 7) is 0. The minimum absolute atomic E-state index is 0.0288. The van der Waals surface area contributed by atoms with Gasteiger partial charge in [0.25, 0.3) is 10.0 Å². The number of anilines is 1. The van der Waals surface area contributed by atoms with Crippen LogP contribution in [-0.2, 0) is 10.0 Å². The van der Waals surface area contributed by atoms with E-state index < -0.39 is 27.0 Å². The van der Waals surface area contributed by atoms with Crippen molar-refractivity contribution in [1.29, 1.82) is 0 Å². The Kier molecular flexibility index (Phi) is 5.52. The molecule has 146 valence electrons. The number of ether oxygens (including phenoxy) is 1. The van der Waals surface area contributed by atoms with Gasteiger partial charge < -0.3 is 4.74 Å². The number of aromatic nitrogens is 3. The van der Waals surface area contributed by atoms with E-state index in [1.165, 1.54) is 43.1 Å². The van der Waals surface area contributed by atoms with E-state index in [-0.39, 0.29) is 10.2 Å². The summed E-state index contributed by atoms with van der Waals surface area (Å²) in [6.07, 6.45) is 1.98. The number of hydrogen-bond acceptors (Lipinski definition) is 6. The van der Waals surface area contributed by atoms with Crippen LogP contribution in [0, 0.1) is 0 Å². The molecule has 0 aliphatic carbocycles. The molecule has 0 radical (unpaired) electrons. The second-order valence-electron chi connectivity index (χ2n) is 5.30. The van der Waals surface area contributed by atoms with Crippen LogP contribution in [0.4, 0.5) is 18.9 Å². The fourth-order valence-corrected chi connectivity index (χ4v) is 3.90. The lowest BCUT2D eigenvalue weighted by molar-refractivity contribution is -0.275. The first-order chi connectivity index (χ1) is 13.1. The van der Waals surface area contributed by atoms with Crippen LogP contribution in [0.15, 0.2) is 64.6 Å². The minimum atomic E-state index is -5.05. The van der Waals surface area contributed by atoms with Crippen LogP contribution in [-0.4, -0.2) is 29.7 Å². The summed E-state index contributed by atoms with van der Waals surface area (Å²) in [5.41, 5.74) is 0.940. The van der Waals surface area contributed by atoms with Crippen molar-refractivity contribution in [3.05, 3.63) is 59.7 Å². The summed E-state index contributed by atoms with van der Waals surface area (Å²) >= 11 is 3.04. The maximum absolute atomic E-state index is 12.7. The van der Waals surface area contributed by atoms with Gasteiger partial charge in [0, 0.05) is 28.6 Å². The van der Waals surface area contributed by atoms with E-state index in [2.05, 4.69) is 40.3 Å². The zero-order valence-corrected chi connectivity index (χ0v) is 16.1. The number of alkyl halides is 3. The van der Waals surface area contributed by atoms with Crippen molar-refractivity contribution in [2.24, 2.45) is 0 Å². The van der Waals surface area contributed by atoms with Gasteiger partial charge in [-0.2, -0.15) is 0 Å². The molecule has 3 rings (SSSR count). The molecule has 0 aliphatic heterocycles. The van der Waals surface area contributed by atoms with Crippen LogP contribution in [0.5, 0.6) is 5.75 Å². The topological polar surface area (TPSA) is 94.1 Å². The maximum Gasteiger partial charge on any atom is 0.573 e. The maximum atomic E-state index is 12.7. The first-order valence-corrected chi connectivity index (χ1v) is 9.71. The summed E-state index contributed by atoms with van der Waals surface area (Å²) < 4.78 is 69.4. The number of pyridine rings is 1. The zero-order valence-electron chi connectivity index (χ0n) is 13.7. The van der Waals surface area contributed by atoms with Crippen LogP contribution in [0.2, 0.25) is 0 Å². The monoisotopic (exact) mass is 474 g/mol. The van der Waals surface area contributed by atoms with Gasteiger partial charge in [0.2, 0.25) is 0 Å². The highest BCUT2D eigenvalue weighted by atomic mass is 79.9.